The normalized spacial score (nSPS) is 28.3. The zero-order valence-electron chi connectivity index (χ0n) is 11.7. The van der Waals surface area contributed by atoms with Gasteiger partial charge in [0.25, 0.3) is 0 Å². The fraction of sp³-hybridized carbons (Fsp3) is 0.786. The quantitative estimate of drug-likeness (QED) is 0.874. The van der Waals surface area contributed by atoms with E-state index >= 15 is 0 Å². The second-order valence-corrected chi connectivity index (χ2v) is 5.46. The van der Waals surface area contributed by atoms with Crippen LogP contribution in [-0.2, 0) is 11.3 Å². The Morgan fingerprint density at radius 3 is 3.06 bits per heavy atom. The van der Waals surface area contributed by atoms with Gasteiger partial charge in [-0.25, -0.2) is 4.98 Å². The number of imidazole rings is 1. The van der Waals surface area contributed by atoms with Crippen LogP contribution in [0.1, 0.15) is 33.1 Å². The fourth-order valence-corrected chi connectivity index (χ4v) is 2.77. The lowest BCUT2D eigenvalue weighted by Gasteiger charge is -2.34. The summed E-state index contributed by atoms with van der Waals surface area (Å²) in [5.41, 5.74) is 0. The summed E-state index contributed by atoms with van der Waals surface area (Å²) in [6, 6.07) is 0.553. The molecule has 102 valence electrons. The van der Waals surface area contributed by atoms with Crippen LogP contribution in [0.2, 0.25) is 0 Å². The molecule has 0 aromatic carbocycles. The van der Waals surface area contributed by atoms with Crippen molar-refractivity contribution >= 4 is 5.95 Å². The number of ether oxygens (including phenoxy) is 1. The number of hydrogen-bond donors (Lipinski definition) is 1. The molecule has 2 rings (SSSR count). The Hall–Kier alpha value is -1.03. The molecule has 18 heavy (non-hydrogen) atoms. The smallest absolute Gasteiger partial charge is 0.203 e. The Balaban J connectivity index is 1.97. The van der Waals surface area contributed by atoms with Gasteiger partial charge in [-0.05, 0) is 18.3 Å². The predicted octanol–water partition coefficient (Wildman–Crippen LogP) is 2.77. The molecule has 0 bridgehead atoms. The van der Waals surface area contributed by atoms with E-state index in [1.807, 2.05) is 12.4 Å². The molecule has 1 aliphatic rings. The summed E-state index contributed by atoms with van der Waals surface area (Å²) in [5, 5.41) is 3.61. The van der Waals surface area contributed by atoms with Gasteiger partial charge in [0, 0.05) is 32.1 Å². The zero-order chi connectivity index (χ0) is 13.0. The first-order valence-corrected chi connectivity index (χ1v) is 6.99. The van der Waals surface area contributed by atoms with Gasteiger partial charge >= 0.3 is 0 Å². The molecule has 0 spiro atoms. The van der Waals surface area contributed by atoms with Crippen LogP contribution in [0.4, 0.5) is 5.95 Å². The first-order valence-electron chi connectivity index (χ1n) is 6.99. The highest BCUT2D eigenvalue weighted by Crippen LogP contribution is 2.31. The molecule has 0 aliphatic heterocycles. The minimum absolute atomic E-state index is 0.553. The maximum atomic E-state index is 5.12. The first-order chi connectivity index (χ1) is 8.72. The number of hydrogen-bond acceptors (Lipinski definition) is 3. The number of anilines is 1. The molecule has 3 atom stereocenters. The minimum atomic E-state index is 0.553. The molecule has 1 fully saturated rings. The molecule has 0 saturated heterocycles. The Bertz CT molecular complexity index is 364. The van der Waals surface area contributed by atoms with E-state index in [9.17, 15) is 0 Å². The summed E-state index contributed by atoms with van der Waals surface area (Å²) in [4.78, 5) is 4.42. The van der Waals surface area contributed by atoms with E-state index in [4.69, 9.17) is 4.74 Å². The summed E-state index contributed by atoms with van der Waals surface area (Å²) in [7, 11) is 1.73. The van der Waals surface area contributed by atoms with Gasteiger partial charge in [-0.1, -0.05) is 26.7 Å². The monoisotopic (exact) mass is 251 g/mol. The van der Waals surface area contributed by atoms with Gasteiger partial charge in [0.1, 0.15) is 0 Å². The van der Waals surface area contributed by atoms with Gasteiger partial charge in [-0.15, -0.1) is 0 Å². The second-order valence-electron chi connectivity index (χ2n) is 5.46. The Morgan fingerprint density at radius 2 is 2.28 bits per heavy atom. The van der Waals surface area contributed by atoms with E-state index in [2.05, 4.69) is 28.7 Å². The van der Waals surface area contributed by atoms with E-state index in [1.165, 1.54) is 19.3 Å². The number of methoxy groups -OCH3 is 1. The summed E-state index contributed by atoms with van der Waals surface area (Å²) >= 11 is 0. The van der Waals surface area contributed by atoms with Gasteiger partial charge in [0.2, 0.25) is 5.95 Å². The molecule has 1 aromatic rings. The molecule has 4 heteroatoms. The van der Waals surface area contributed by atoms with Crippen molar-refractivity contribution in [2.45, 2.75) is 45.7 Å². The van der Waals surface area contributed by atoms with Gasteiger partial charge in [-0.2, -0.15) is 0 Å². The van der Waals surface area contributed by atoms with E-state index in [1.54, 1.807) is 7.11 Å². The van der Waals surface area contributed by atoms with Crippen molar-refractivity contribution < 1.29 is 4.74 Å². The van der Waals surface area contributed by atoms with Crippen LogP contribution in [0.25, 0.3) is 0 Å². The van der Waals surface area contributed by atoms with Crippen LogP contribution in [0, 0.1) is 11.8 Å². The molecule has 1 aromatic heterocycles. The average Bonchev–Trinajstić information content (AvgIpc) is 2.80. The highest BCUT2D eigenvalue weighted by Gasteiger charge is 2.27. The third-order valence-corrected chi connectivity index (χ3v) is 4.27. The van der Waals surface area contributed by atoms with E-state index in [0.29, 0.717) is 12.0 Å². The lowest BCUT2D eigenvalue weighted by Crippen LogP contribution is -2.35. The fourth-order valence-electron chi connectivity index (χ4n) is 2.77. The van der Waals surface area contributed by atoms with Crippen molar-refractivity contribution in [2.75, 3.05) is 19.0 Å². The largest absolute Gasteiger partial charge is 0.383 e. The van der Waals surface area contributed by atoms with E-state index < -0.39 is 0 Å². The van der Waals surface area contributed by atoms with Gasteiger partial charge in [-0.3, -0.25) is 0 Å². The van der Waals surface area contributed by atoms with Crippen molar-refractivity contribution in [1.82, 2.24) is 9.55 Å². The Labute approximate surface area is 110 Å². The highest BCUT2D eigenvalue weighted by molar-refractivity contribution is 5.28. The van der Waals surface area contributed by atoms with Gasteiger partial charge < -0.3 is 14.6 Å². The van der Waals surface area contributed by atoms with Crippen molar-refractivity contribution in [2.24, 2.45) is 11.8 Å². The van der Waals surface area contributed by atoms with Crippen LogP contribution in [0.5, 0.6) is 0 Å². The van der Waals surface area contributed by atoms with Crippen LogP contribution < -0.4 is 5.32 Å². The predicted molar refractivity (Wildman–Crippen MR) is 73.7 cm³/mol. The molecule has 1 N–H and O–H groups in total. The number of rotatable bonds is 5. The van der Waals surface area contributed by atoms with Crippen molar-refractivity contribution in [3.63, 3.8) is 0 Å². The van der Waals surface area contributed by atoms with Crippen LogP contribution in [0.15, 0.2) is 12.4 Å². The third-order valence-electron chi connectivity index (χ3n) is 4.27. The number of nitrogens with zero attached hydrogens (tertiary/aromatic N) is 2. The molecule has 1 saturated carbocycles. The maximum absolute atomic E-state index is 5.12. The summed E-state index contributed by atoms with van der Waals surface area (Å²) < 4.78 is 7.26. The average molecular weight is 251 g/mol. The van der Waals surface area contributed by atoms with Crippen molar-refractivity contribution in [1.29, 1.82) is 0 Å². The second kappa shape index (κ2) is 6.23. The molecule has 1 heterocycles. The van der Waals surface area contributed by atoms with E-state index in [0.717, 1.165) is 25.0 Å². The van der Waals surface area contributed by atoms with E-state index in [-0.39, 0.29) is 0 Å². The Morgan fingerprint density at radius 1 is 1.44 bits per heavy atom. The molecule has 1 aliphatic carbocycles. The zero-order valence-corrected chi connectivity index (χ0v) is 11.7. The first kappa shape index (κ1) is 13.4. The molecule has 3 unspecified atom stereocenters. The number of aromatic nitrogens is 2. The van der Waals surface area contributed by atoms with Gasteiger partial charge in [0.05, 0.1) is 6.61 Å². The summed E-state index contributed by atoms with van der Waals surface area (Å²) in [6.45, 7) is 6.29. The molecular weight excluding hydrogens is 226 g/mol. The molecule has 0 amide bonds. The Kier molecular flexibility index (Phi) is 4.64. The van der Waals surface area contributed by atoms with Crippen LogP contribution in [-0.4, -0.2) is 29.3 Å². The molecular formula is C14H25N3O. The third kappa shape index (κ3) is 3.05. The maximum Gasteiger partial charge on any atom is 0.203 e. The molecule has 4 nitrogen and oxygen atoms in total. The standard InChI is InChI=1S/C14H25N3O/c1-11-5-4-6-13(12(11)2)16-14-15-7-8-17(14)9-10-18-3/h7-8,11-13H,4-6,9-10H2,1-3H3,(H,15,16). The highest BCUT2D eigenvalue weighted by atomic mass is 16.5. The topological polar surface area (TPSA) is 39.1 Å². The van der Waals surface area contributed by atoms with Crippen LogP contribution in [0.3, 0.4) is 0 Å². The summed E-state index contributed by atoms with van der Waals surface area (Å²) in [5.74, 6) is 2.50. The summed E-state index contributed by atoms with van der Waals surface area (Å²) in [6.07, 6.45) is 7.80. The SMILES string of the molecule is COCCn1ccnc1NC1CCCC(C)C1C. The van der Waals surface area contributed by atoms with Crippen molar-refractivity contribution in [3.05, 3.63) is 12.4 Å². The number of nitrogens with one attached hydrogen (secondary N) is 1. The van der Waals surface area contributed by atoms with Crippen LogP contribution >= 0.6 is 0 Å². The minimum Gasteiger partial charge on any atom is -0.383 e. The molecule has 0 radical (unpaired) electrons. The van der Waals surface area contributed by atoms with Gasteiger partial charge in [0.15, 0.2) is 0 Å². The lowest BCUT2D eigenvalue weighted by molar-refractivity contribution is 0.187. The lowest BCUT2D eigenvalue weighted by atomic mass is 9.78. The van der Waals surface area contributed by atoms with Crippen molar-refractivity contribution in [3.8, 4) is 0 Å².